The largest absolute Gasteiger partial charge is 0.488 e. The van der Waals surface area contributed by atoms with Crippen molar-refractivity contribution in [2.45, 2.75) is 20.1 Å². The van der Waals surface area contributed by atoms with Crippen LogP contribution in [0.1, 0.15) is 23.7 Å². The van der Waals surface area contributed by atoms with Crippen molar-refractivity contribution < 1.29 is 9.47 Å². The van der Waals surface area contributed by atoms with Crippen molar-refractivity contribution in [1.29, 1.82) is 0 Å². The number of pyridine rings is 1. The molecule has 160 valence electrons. The lowest BCUT2D eigenvalue weighted by atomic mass is 10.1. The zero-order chi connectivity index (χ0) is 21.9. The first-order chi connectivity index (χ1) is 15.2. The summed E-state index contributed by atoms with van der Waals surface area (Å²) in [5.74, 6) is 1.38. The highest BCUT2D eigenvalue weighted by Crippen LogP contribution is 2.31. The highest BCUT2D eigenvalue weighted by Gasteiger charge is 2.12. The lowest BCUT2D eigenvalue weighted by Crippen LogP contribution is -2.05. The summed E-state index contributed by atoms with van der Waals surface area (Å²) in [6.07, 6.45) is 3.58. The van der Waals surface area contributed by atoms with Crippen molar-refractivity contribution in [3.8, 4) is 5.75 Å². The molecule has 1 heterocycles. The normalized spacial score (nSPS) is 11.6. The molecule has 0 atom stereocenters. The number of nitrogens with one attached hydrogen (secondary N) is 1. The van der Waals surface area contributed by atoms with Gasteiger partial charge in [-0.25, -0.2) is 4.98 Å². The molecule has 3 rings (SSSR count). The number of nitrogens with zero attached hydrogens (tertiary/aromatic N) is 1. The van der Waals surface area contributed by atoms with Crippen molar-refractivity contribution in [2.75, 3.05) is 11.9 Å². The van der Waals surface area contributed by atoms with Crippen LogP contribution in [0.15, 0.2) is 84.4 Å². The van der Waals surface area contributed by atoms with Crippen LogP contribution in [0, 0.1) is 0 Å². The van der Waals surface area contributed by atoms with Crippen molar-refractivity contribution in [1.82, 2.24) is 4.98 Å². The van der Waals surface area contributed by atoms with E-state index in [1.807, 2.05) is 73.7 Å². The van der Waals surface area contributed by atoms with E-state index in [-0.39, 0.29) is 0 Å². The van der Waals surface area contributed by atoms with Crippen molar-refractivity contribution >= 4 is 34.7 Å². The summed E-state index contributed by atoms with van der Waals surface area (Å²) < 4.78 is 11.6. The van der Waals surface area contributed by atoms with E-state index in [0.29, 0.717) is 36.4 Å². The second-order valence-corrected chi connectivity index (χ2v) is 7.28. The third-order valence-corrected chi connectivity index (χ3v) is 4.71. The summed E-state index contributed by atoms with van der Waals surface area (Å²) in [6.45, 7) is 3.48. The molecule has 0 unspecified atom stereocenters. The average molecular weight is 455 g/mol. The van der Waals surface area contributed by atoms with Gasteiger partial charge in [-0.3, -0.25) is 0 Å². The second-order valence-electron chi connectivity index (χ2n) is 6.59. The summed E-state index contributed by atoms with van der Waals surface area (Å²) in [7, 11) is 0. The van der Waals surface area contributed by atoms with E-state index in [1.54, 1.807) is 12.1 Å². The number of allylic oxidation sites excluding steroid dienone is 2. The van der Waals surface area contributed by atoms with Crippen LogP contribution >= 0.6 is 23.2 Å². The molecule has 3 aromatic rings. The Morgan fingerprint density at radius 3 is 2.65 bits per heavy atom. The smallest absolute Gasteiger partial charge is 0.130 e. The van der Waals surface area contributed by atoms with Crippen LogP contribution in [0.2, 0.25) is 5.02 Å². The zero-order valence-electron chi connectivity index (χ0n) is 17.2. The molecule has 0 saturated carbocycles. The predicted octanol–water partition coefficient (Wildman–Crippen LogP) is 7.06. The van der Waals surface area contributed by atoms with Crippen LogP contribution < -0.4 is 10.1 Å². The Morgan fingerprint density at radius 2 is 1.87 bits per heavy atom. The van der Waals surface area contributed by atoms with Gasteiger partial charge in [-0.2, -0.15) is 0 Å². The van der Waals surface area contributed by atoms with Gasteiger partial charge in [0.25, 0.3) is 0 Å². The van der Waals surface area contributed by atoms with Gasteiger partial charge in [0.05, 0.1) is 18.0 Å². The molecule has 0 bridgehead atoms. The topological polar surface area (TPSA) is 43.4 Å². The van der Waals surface area contributed by atoms with Gasteiger partial charge in [0.2, 0.25) is 0 Å². The number of rotatable bonds is 10. The zero-order valence-corrected chi connectivity index (χ0v) is 18.7. The van der Waals surface area contributed by atoms with E-state index in [0.717, 1.165) is 22.5 Å². The molecule has 0 aliphatic carbocycles. The molecule has 4 nitrogen and oxygen atoms in total. The fraction of sp³-hybridized carbons (Fsp3) is 0.160. The fourth-order valence-electron chi connectivity index (χ4n) is 2.88. The van der Waals surface area contributed by atoms with E-state index in [9.17, 15) is 0 Å². The quantitative estimate of drug-likeness (QED) is 0.333. The molecule has 0 aliphatic rings. The third-order valence-electron chi connectivity index (χ3n) is 4.33. The van der Waals surface area contributed by atoms with Crippen molar-refractivity contribution in [3.63, 3.8) is 0 Å². The number of anilines is 1. The van der Waals surface area contributed by atoms with Crippen LogP contribution in [0.25, 0.3) is 5.70 Å². The molecule has 1 aromatic heterocycles. The summed E-state index contributed by atoms with van der Waals surface area (Å²) >= 11 is 12.1. The minimum absolute atomic E-state index is 0.441. The van der Waals surface area contributed by atoms with E-state index in [4.69, 9.17) is 32.7 Å². The minimum Gasteiger partial charge on any atom is -0.488 e. The Kier molecular flexibility index (Phi) is 8.98. The highest BCUT2D eigenvalue weighted by molar-refractivity contribution is 6.30. The van der Waals surface area contributed by atoms with Gasteiger partial charge in [0, 0.05) is 22.7 Å². The lowest BCUT2D eigenvalue weighted by Gasteiger charge is -2.16. The number of hydrogen-bond acceptors (Lipinski definition) is 4. The van der Waals surface area contributed by atoms with E-state index in [2.05, 4.69) is 10.3 Å². The minimum atomic E-state index is 0.441. The second kappa shape index (κ2) is 12.2. The molecule has 0 spiro atoms. The molecule has 0 radical (unpaired) electrons. The number of halogens is 2. The molecule has 2 aromatic carbocycles. The van der Waals surface area contributed by atoms with Gasteiger partial charge in [0.1, 0.15) is 18.2 Å². The Balaban J connectivity index is 1.89. The van der Waals surface area contributed by atoms with Gasteiger partial charge in [-0.15, -0.1) is 0 Å². The number of hydrogen-bond donors (Lipinski definition) is 1. The Labute approximate surface area is 193 Å². The molecule has 31 heavy (non-hydrogen) atoms. The van der Waals surface area contributed by atoms with Gasteiger partial charge < -0.3 is 14.8 Å². The van der Waals surface area contributed by atoms with E-state index >= 15 is 0 Å². The van der Waals surface area contributed by atoms with Gasteiger partial charge in [0.15, 0.2) is 0 Å². The van der Waals surface area contributed by atoms with Crippen molar-refractivity contribution in [3.05, 3.63) is 106 Å². The molecular formula is C25H24Cl2N2O2. The van der Waals surface area contributed by atoms with Gasteiger partial charge in [-0.1, -0.05) is 59.6 Å². The van der Waals surface area contributed by atoms with Gasteiger partial charge >= 0.3 is 0 Å². The molecule has 0 amide bonds. The van der Waals surface area contributed by atoms with Crippen LogP contribution in [0.4, 0.5) is 5.82 Å². The van der Waals surface area contributed by atoms with Crippen LogP contribution in [0.5, 0.6) is 5.75 Å². The molecule has 0 aliphatic heterocycles. The standard InChI is InChI=1S/C25H24Cl2N2O2/c1-2-30-18-21-10-6-12-25(28-21)29-23(11-7-15-26)22-16-20(27)13-14-24(22)31-17-19-8-4-3-5-9-19/h3-16H,2,17-18H2,1H3,(H,28,29)/b15-7+,23-11-. The lowest BCUT2D eigenvalue weighted by molar-refractivity contribution is 0.131. The predicted molar refractivity (Wildman–Crippen MR) is 128 cm³/mol. The number of ether oxygens (including phenoxy) is 2. The highest BCUT2D eigenvalue weighted by atomic mass is 35.5. The summed E-state index contributed by atoms with van der Waals surface area (Å²) in [6, 6.07) is 21.3. The SMILES string of the molecule is CCOCc1cccc(N/C(=C\C=C\Cl)c2cc(Cl)ccc2OCc2ccccc2)n1. The third kappa shape index (κ3) is 7.14. The summed E-state index contributed by atoms with van der Waals surface area (Å²) in [5, 5.41) is 3.96. The van der Waals surface area contributed by atoms with Crippen molar-refractivity contribution in [2.24, 2.45) is 0 Å². The maximum Gasteiger partial charge on any atom is 0.130 e. The molecule has 1 N–H and O–H groups in total. The molecule has 0 fully saturated rings. The molecule has 0 saturated heterocycles. The number of aromatic nitrogens is 1. The maximum atomic E-state index is 6.31. The summed E-state index contributed by atoms with van der Waals surface area (Å²) in [4.78, 5) is 4.62. The Hall–Kier alpha value is -2.79. The first kappa shape index (κ1) is 22.9. The number of benzene rings is 2. The van der Waals surface area contributed by atoms with Crippen LogP contribution in [-0.2, 0) is 18.0 Å². The first-order valence-electron chi connectivity index (χ1n) is 9.94. The van der Waals surface area contributed by atoms with E-state index < -0.39 is 0 Å². The average Bonchev–Trinajstić information content (AvgIpc) is 2.80. The fourth-order valence-corrected chi connectivity index (χ4v) is 3.12. The van der Waals surface area contributed by atoms with Crippen LogP contribution in [-0.4, -0.2) is 11.6 Å². The Morgan fingerprint density at radius 1 is 1.03 bits per heavy atom. The van der Waals surface area contributed by atoms with Gasteiger partial charge in [-0.05, 0) is 55.0 Å². The first-order valence-corrected chi connectivity index (χ1v) is 10.8. The molecule has 6 heteroatoms. The van der Waals surface area contributed by atoms with Crippen LogP contribution in [0.3, 0.4) is 0 Å². The maximum absolute atomic E-state index is 6.31. The monoisotopic (exact) mass is 454 g/mol. The molecular weight excluding hydrogens is 431 g/mol. The Bertz CT molecular complexity index is 1040. The van der Waals surface area contributed by atoms with E-state index in [1.165, 1.54) is 5.54 Å². The summed E-state index contributed by atoms with van der Waals surface area (Å²) in [5.41, 5.74) is 4.91.